The molecule has 0 aliphatic rings. The summed E-state index contributed by atoms with van der Waals surface area (Å²) in [5.41, 5.74) is 2.02. The van der Waals surface area contributed by atoms with Gasteiger partial charge in [0.15, 0.2) is 11.6 Å². The van der Waals surface area contributed by atoms with Gasteiger partial charge in [-0.25, -0.2) is 19.9 Å². The third kappa shape index (κ3) is 3.47. The average Bonchev–Trinajstić information content (AvgIpc) is 2.45. The van der Waals surface area contributed by atoms with Crippen LogP contribution in [0.3, 0.4) is 0 Å². The van der Waals surface area contributed by atoms with E-state index in [0.717, 1.165) is 36.5 Å². The third-order valence-corrected chi connectivity index (χ3v) is 2.68. The Labute approximate surface area is 113 Å². The molecule has 2 aromatic rings. The lowest BCUT2D eigenvalue weighted by atomic mass is 10.3. The number of aromatic nitrogens is 4. The van der Waals surface area contributed by atoms with Crippen LogP contribution in [0.1, 0.15) is 31.5 Å². The fourth-order valence-electron chi connectivity index (χ4n) is 1.63. The van der Waals surface area contributed by atoms with E-state index in [1.54, 1.807) is 12.4 Å². The predicted octanol–water partition coefficient (Wildman–Crippen LogP) is 2.63. The molecule has 1 N–H and O–H groups in total. The minimum atomic E-state index is 0.570. The quantitative estimate of drug-likeness (QED) is 0.892. The lowest BCUT2D eigenvalue weighted by Crippen LogP contribution is -2.06. The number of rotatable bonds is 5. The summed E-state index contributed by atoms with van der Waals surface area (Å²) in [7, 11) is 0. The summed E-state index contributed by atoms with van der Waals surface area (Å²) in [4.78, 5) is 17.5. The molecule has 2 rings (SSSR count). The Morgan fingerprint density at radius 3 is 2.42 bits per heavy atom. The van der Waals surface area contributed by atoms with Crippen LogP contribution in [0.5, 0.6) is 0 Å². The Kier molecular flexibility index (Phi) is 4.39. The summed E-state index contributed by atoms with van der Waals surface area (Å²) in [5.74, 6) is 1.99. The van der Waals surface area contributed by atoms with Gasteiger partial charge in [-0.1, -0.05) is 13.8 Å². The zero-order valence-electron chi connectivity index (χ0n) is 11.6. The van der Waals surface area contributed by atoms with E-state index in [1.165, 1.54) is 0 Å². The highest BCUT2D eigenvalue weighted by atomic mass is 15.1. The molecule has 0 aromatic carbocycles. The topological polar surface area (TPSA) is 63.6 Å². The molecule has 100 valence electrons. The first kappa shape index (κ1) is 13.4. The zero-order chi connectivity index (χ0) is 13.7. The minimum absolute atomic E-state index is 0.570. The fraction of sp³-hybridized carbons (Fsp3) is 0.429. The molecule has 5 nitrogen and oxygen atoms in total. The van der Waals surface area contributed by atoms with E-state index in [9.17, 15) is 0 Å². The van der Waals surface area contributed by atoms with Crippen LogP contribution in [0, 0.1) is 6.92 Å². The van der Waals surface area contributed by atoms with Gasteiger partial charge in [0.25, 0.3) is 0 Å². The van der Waals surface area contributed by atoms with E-state index >= 15 is 0 Å². The van der Waals surface area contributed by atoms with Crippen molar-refractivity contribution < 1.29 is 0 Å². The van der Waals surface area contributed by atoms with Crippen LogP contribution in [-0.2, 0) is 6.42 Å². The second-order valence-electron chi connectivity index (χ2n) is 4.43. The second-order valence-corrected chi connectivity index (χ2v) is 4.43. The molecule has 0 saturated heterocycles. The highest BCUT2D eigenvalue weighted by Gasteiger charge is 2.08. The number of hydrogen-bond acceptors (Lipinski definition) is 5. The van der Waals surface area contributed by atoms with Crippen molar-refractivity contribution in [2.75, 3.05) is 11.9 Å². The van der Waals surface area contributed by atoms with Crippen LogP contribution in [0.4, 0.5) is 5.82 Å². The maximum atomic E-state index is 4.48. The van der Waals surface area contributed by atoms with Gasteiger partial charge in [-0.05, 0) is 25.3 Å². The van der Waals surface area contributed by atoms with Crippen molar-refractivity contribution in [1.29, 1.82) is 0 Å². The first-order chi connectivity index (χ1) is 9.22. The van der Waals surface area contributed by atoms with Crippen LogP contribution >= 0.6 is 0 Å². The van der Waals surface area contributed by atoms with Gasteiger partial charge in [0, 0.05) is 30.7 Å². The summed E-state index contributed by atoms with van der Waals surface area (Å²) in [6, 6.07) is 1.98. The molecular formula is C14H19N5. The molecule has 0 amide bonds. The smallest absolute Gasteiger partial charge is 0.199 e. The van der Waals surface area contributed by atoms with Crippen LogP contribution in [0.15, 0.2) is 18.5 Å². The number of nitrogens with zero attached hydrogens (tertiary/aromatic N) is 4. The molecule has 0 radical (unpaired) electrons. The molecule has 5 heteroatoms. The lowest BCUT2D eigenvalue weighted by Gasteiger charge is -2.08. The summed E-state index contributed by atoms with van der Waals surface area (Å²) < 4.78 is 0. The molecule has 19 heavy (non-hydrogen) atoms. The molecule has 0 atom stereocenters. The Balaban J connectivity index is 2.35. The largest absolute Gasteiger partial charge is 0.370 e. The molecule has 0 bridgehead atoms. The van der Waals surface area contributed by atoms with Gasteiger partial charge in [-0.2, -0.15) is 0 Å². The highest BCUT2D eigenvalue weighted by molar-refractivity contribution is 5.49. The van der Waals surface area contributed by atoms with Crippen LogP contribution < -0.4 is 5.32 Å². The van der Waals surface area contributed by atoms with Crippen molar-refractivity contribution in [2.45, 2.75) is 33.6 Å². The van der Waals surface area contributed by atoms with Crippen LogP contribution in [0.25, 0.3) is 11.6 Å². The molecular weight excluding hydrogens is 238 g/mol. The molecule has 2 heterocycles. The molecule has 0 unspecified atom stereocenters. The SMILES string of the molecule is CCCNc1cc(CC)nc(-c2ncc(C)cn2)n1. The number of nitrogens with one attached hydrogen (secondary N) is 1. The van der Waals surface area contributed by atoms with Gasteiger partial charge < -0.3 is 5.32 Å². The monoisotopic (exact) mass is 257 g/mol. The van der Waals surface area contributed by atoms with Crippen molar-refractivity contribution in [3.05, 3.63) is 29.7 Å². The zero-order valence-corrected chi connectivity index (χ0v) is 11.6. The molecule has 0 spiro atoms. The van der Waals surface area contributed by atoms with E-state index in [0.29, 0.717) is 11.6 Å². The van der Waals surface area contributed by atoms with Crippen LogP contribution in [0.2, 0.25) is 0 Å². The van der Waals surface area contributed by atoms with E-state index < -0.39 is 0 Å². The average molecular weight is 257 g/mol. The third-order valence-electron chi connectivity index (χ3n) is 2.68. The summed E-state index contributed by atoms with van der Waals surface area (Å²) in [6.45, 7) is 7.06. The van der Waals surface area contributed by atoms with E-state index in [4.69, 9.17) is 0 Å². The van der Waals surface area contributed by atoms with Crippen LogP contribution in [-0.4, -0.2) is 26.5 Å². The number of hydrogen-bond donors (Lipinski definition) is 1. The van der Waals surface area contributed by atoms with Crippen molar-refractivity contribution in [1.82, 2.24) is 19.9 Å². The number of anilines is 1. The Morgan fingerprint density at radius 1 is 1.05 bits per heavy atom. The summed E-state index contributed by atoms with van der Waals surface area (Å²) in [5, 5.41) is 3.28. The first-order valence-electron chi connectivity index (χ1n) is 6.63. The number of aryl methyl sites for hydroxylation is 2. The minimum Gasteiger partial charge on any atom is -0.370 e. The Bertz CT molecular complexity index is 536. The maximum Gasteiger partial charge on any atom is 0.199 e. The highest BCUT2D eigenvalue weighted by Crippen LogP contribution is 2.14. The van der Waals surface area contributed by atoms with Crippen molar-refractivity contribution >= 4 is 5.82 Å². The van der Waals surface area contributed by atoms with Crippen molar-refractivity contribution in [2.24, 2.45) is 0 Å². The van der Waals surface area contributed by atoms with Gasteiger partial charge in [0.2, 0.25) is 0 Å². The normalized spacial score (nSPS) is 10.5. The standard InChI is InChI=1S/C14H19N5/c1-4-6-15-12-7-11(5-2)18-14(19-12)13-16-8-10(3)9-17-13/h7-9H,4-6H2,1-3H3,(H,15,18,19). The van der Waals surface area contributed by atoms with Crippen molar-refractivity contribution in [3.8, 4) is 11.6 Å². The van der Waals surface area contributed by atoms with E-state index in [2.05, 4.69) is 39.1 Å². The van der Waals surface area contributed by atoms with Gasteiger partial charge in [-0.15, -0.1) is 0 Å². The first-order valence-corrected chi connectivity index (χ1v) is 6.63. The van der Waals surface area contributed by atoms with Crippen molar-refractivity contribution in [3.63, 3.8) is 0 Å². The Morgan fingerprint density at radius 2 is 1.79 bits per heavy atom. The Hall–Kier alpha value is -2.04. The molecule has 2 aromatic heterocycles. The molecule has 0 aliphatic carbocycles. The van der Waals surface area contributed by atoms with Gasteiger partial charge >= 0.3 is 0 Å². The maximum absolute atomic E-state index is 4.48. The predicted molar refractivity (Wildman–Crippen MR) is 76.0 cm³/mol. The molecule has 0 saturated carbocycles. The molecule has 0 fully saturated rings. The van der Waals surface area contributed by atoms with E-state index in [1.807, 2.05) is 13.0 Å². The fourth-order valence-corrected chi connectivity index (χ4v) is 1.63. The van der Waals surface area contributed by atoms with Gasteiger partial charge in [-0.3, -0.25) is 0 Å². The molecule has 0 aliphatic heterocycles. The van der Waals surface area contributed by atoms with Gasteiger partial charge in [0.05, 0.1) is 0 Å². The van der Waals surface area contributed by atoms with E-state index in [-0.39, 0.29) is 0 Å². The van der Waals surface area contributed by atoms with Gasteiger partial charge in [0.1, 0.15) is 5.82 Å². The second kappa shape index (κ2) is 6.22. The lowest BCUT2D eigenvalue weighted by molar-refractivity contribution is 0.943. The summed E-state index contributed by atoms with van der Waals surface area (Å²) >= 11 is 0. The summed E-state index contributed by atoms with van der Waals surface area (Å²) in [6.07, 6.45) is 5.48.